The fraction of sp³-hybridized carbons (Fsp3) is 0.222. The van der Waals surface area contributed by atoms with Crippen LogP contribution in [0.1, 0.15) is 34.9 Å². The molecule has 0 saturated carbocycles. The molecule has 3 rings (SSSR count). The van der Waals surface area contributed by atoms with Gasteiger partial charge in [0.1, 0.15) is 17.0 Å². The van der Waals surface area contributed by atoms with Gasteiger partial charge in [-0.2, -0.15) is 13.2 Å². The number of rotatable bonds is 5. The van der Waals surface area contributed by atoms with E-state index < -0.39 is 35.4 Å². The lowest BCUT2D eigenvalue weighted by Gasteiger charge is -2.11. The van der Waals surface area contributed by atoms with Gasteiger partial charge in [-0.3, -0.25) is 4.79 Å². The van der Waals surface area contributed by atoms with E-state index in [2.05, 4.69) is 15.3 Å². The van der Waals surface area contributed by atoms with E-state index in [4.69, 9.17) is 9.15 Å². The zero-order valence-electron chi connectivity index (χ0n) is 16.0. The molecule has 0 saturated heterocycles. The quantitative estimate of drug-likeness (QED) is 0.609. The molecule has 3 aromatic rings. The van der Waals surface area contributed by atoms with E-state index in [1.807, 2.05) is 0 Å². The molecule has 1 atom stereocenters. The van der Waals surface area contributed by atoms with Gasteiger partial charge in [-0.05, 0) is 31.2 Å². The Labute approximate surface area is 168 Å². The Balaban J connectivity index is 2.22. The molecule has 0 spiro atoms. The second-order valence-electron chi connectivity index (χ2n) is 6.37. The number of halogens is 3. The highest BCUT2D eigenvalue weighted by molar-refractivity contribution is 6.57. The monoisotopic (exact) mass is 421 g/mol. The number of pyridine rings is 1. The van der Waals surface area contributed by atoms with Crippen LogP contribution >= 0.6 is 0 Å². The van der Waals surface area contributed by atoms with Crippen molar-refractivity contribution in [2.75, 3.05) is 7.11 Å². The highest BCUT2D eigenvalue weighted by Crippen LogP contribution is 2.37. The molecule has 2 heterocycles. The van der Waals surface area contributed by atoms with Crippen LogP contribution in [0, 0.1) is 0 Å². The van der Waals surface area contributed by atoms with Gasteiger partial charge < -0.3 is 19.6 Å². The lowest BCUT2D eigenvalue weighted by molar-refractivity contribution is -0.140. The van der Waals surface area contributed by atoms with Crippen molar-refractivity contribution in [2.45, 2.75) is 19.1 Å². The number of alkyl halides is 3. The third kappa shape index (κ3) is 3.93. The van der Waals surface area contributed by atoms with Crippen molar-refractivity contribution in [3.05, 3.63) is 41.4 Å². The smallest absolute Gasteiger partial charge is 0.433 e. The Morgan fingerprint density at radius 3 is 2.50 bits per heavy atom. The fourth-order valence-electron chi connectivity index (χ4n) is 2.97. The minimum Gasteiger partial charge on any atom is -0.494 e. The average molecular weight is 421 g/mol. The molecule has 2 aromatic heterocycles. The molecule has 30 heavy (non-hydrogen) atoms. The molecule has 0 aliphatic carbocycles. The Morgan fingerprint density at radius 1 is 1.23 bits per heavy atom. The first-order chi connectivity index (χ1) is 14.0. The van der Waals surface area contributed by atoms with Crippen LogP contribution in [0.4, 0.5) is 18.0 Å². The van der Waals surface area contributed by atoms with Crippen LogP contribution in [-0.4, -0.2) is 41.8 Å². The van der Waals surface area contributed by atoms with Crippen molar-refractivity contribution in [3.8, 4) is 17.2 Å². The van der Waals surface area contributed by atoms with Crippen LogP contribution in [0.2, 0.25) is 0 Å². The van der Waals surface area contributed by atoms with Crippen molar-refractivity contribution in [2.24, 2.45) is 0 Å². The third-order valence-corrected chi connectivity index (χ3v) is 4.23. The summed E-state index contributed by atoms with van der Waals surface area (Å²) in [6.45, 7) is 1.52. The molecule has 0 unspecified atom stereocenters. The molecule has 0 fully saturated rings. The highest BCUT2D eigenvalue weighted by Gasteiger charge is 2.33. The van der Waals surface area contributed by atoms with E-state index in [0.717, 1.165) is 6.07 Å². The lowest BCUT2D eigenvalue weighted by Crippen LogP contribution is -2.25. The lowest BCUT2D eigenvalue weighted by atomic mass is 10.1. The molecule has 0 aliphatic heterocycles. The number of carbonyl (C=O) groups excluding carboxylic acids is 1. The normalized spacial score (nSPS) is 12.6. The minimum atomic E-state index is -4.66. The van der Waals surface area contributed by atoms with E-state index in [1.54, 1.807) is 0 Å². The van der Waals surface area contributed by atoms with Gasteiger partial charge in [0.2, 0.25) is 13.7 Å². The maximum Gasteiger partial charge on any atom is 0.433 e. The molecular formula is C18H15BF3N3O5. The molecule has 0 radical (unpaired) electrons. The molecule has 1 amide bonds. The molecule has 0 aliphatic rings. The summed E-state index contributed by atoms with van der Waals surface area (Å²) >= 11 is 0. The number of amides is 1. The summed E-state index contributed by atoms with van der Waals surface area (Å²) in [5.41, 5.74) is -1.40. The van der Waals surface area contributed by atoms with E-state index in [-0.39, 0.29) is 33.9 Å². The van der Waals surface area contributed by atoms with Gasteiger partial charge in [-0.15, -0.1) is 0 Å². The summed E-state index contributed by atoms with van der Waals surface area (Å²) in [7, 11) is 2.55. The zero-order valence-corrected chi connectivity index (χ0v) is 16.0. The zero-order chi connectivity index (χ0) is 22.2. The van der Waals surface area contributed by atoms with E-state index in [1.165, 1.54) is 40.1 Å². The summed E-state index contributed by atoms with van der Waals surface area (Å²) in [4.78, 5) is 30.5. The number of nitrogens with zero attached hydrogens (tertiary/aromatic N) is 2. The SMILES string of the molecule is BC(=O)N[C@@H](C)c1oc(-c2ccc(OC)c3nc(C(F)(F)F)ccc23)nc1C(=O)O. The van der Waals surface area contributed by atoms with Gasteiger partial charge >= 0.3 is 12.1 Å². The number of hydrogen-bond acceptors (Lipinski definition) is 6. The average Bonchev–Trinajstić information content (AvgIpc) is 3.11. The number of aromatic carboxylic acids is 1. The Morgan fingerprint density at radius 2 is 1.93 bits per heavy atom. The van der Waals surface area contributed by atoms with Crippen molar-refractivity contribution in [3.63, 3.8) is 0 Å². The van der Waals surface area contributed by atoms with Gasteiger partial charge in [0.25, 0.3) is 0 Å². The maximum absolute atomic E-state index is 13.1. The van der Waals surface area contributed by atoms with E-state index in [0.29, 0.717) is 0 Å². The maximum atomic E-state index is 13.1. The second kappa shape index (κ2) is 7.69. The Kier molecular flexibility index (Phi) is 5.42. The van der Waals surface area contributed by atoms with Crippen LogP contribution in [0.25, 0.3) is 22.4 Å². The first-order valence-electron chi connectivity index (χ1n) is 8.59. The van der Waals surface area contributed by atoms with Gasteiger partial charge in [0.05, 0.1) is 13.2 Å². The third-order valence-electron chi connectivity index (χ3n) is 4.23. The number of methoxy groups -OCH3 is 1. The number of aromatic nitrogens is 2. The first-order valence-corrected chi connectivity index (χ1v) is 8.59. The van der Waals surface area contributed by atoms with Crippen LogP contribution in [0.3, 0.4) is 0 Å². The van der Waals surface area contributed by atoms with E-state index >= 15 is 0 Å². The number of carboxylic acids is 1. The molecule has 12 heteroatoms. The van der Waals surface area contributed by atoms with Crippen LogP contribution in [0.5, 0.6) is 5.75 Å². The summed E-state index contributed by atoms with van der Waals surface area (Å²) in [5.74, 6) is -1.94. The number of hydrogen-bond donors (Lipinski definition) is 2. The molecule has 8 nitrogen and oxygen atoms in total. The van der Waals surface area contributed by atoms with Crippen LogP contribution in [-0.2, 0) is 6.18 Å². The molecule has 0 bridgehead atoms. The molecule has 156 valence electrons. The summed E-state index contributed by atoms with van der Waals surface area (Å²) in [6, 6.07) is 4.04. The predicted octanol–water partition coefficient (Wildman–Crippen LogP) is 3.02. The van der Waals surface area contributed by atoms with Gasteiger partial charge in [-0.25, -0.2) is 14.8 Å². The number of ether oxygens (including phenoxy) is 1. The highest BCUT2D eigenvalue weighted by atomic mass is 19.4. The topological polar surface area (TPSA) is 115 Å². The number of benzene rings is 1. The van der Waals surface area contributed by atoms with Crippen LogP contribution < -0.4 is 10.1 Å². The van der Waals surface area contributed by atoms with Crippen molar-refractivity contribution < 1.29 is 37.0 Å². The Bertz CT molecular complexity index is 1150. The number of carbonyl (C=O) groups is 2. The largest absolute Gasteiger partial charge is 0.494 e. The van der Waals surface area contributed by atoms with Crippen molar-refractivity contribution in [1.29, 1.82) is 0 Å². The molecular weight excluding hydrogens is 406 g/mol. The predicted molar refractivity (Wildman–Crippen MR) is 101 cm³/mol. The Hall–Kier alpha value is -3.57. The van der Waals surface area contributed by atoms with Crippen molar-refractivity contribution >= 4 is 30.5 Å². The number of oxazole rings is 1. The minimum absolute atomic E-state index is 0.0867. The summed E-state index contributed by atoms with van der Waals surface area (Å²) < 4.78 is 50.0. The number of nitrogens with one attached hydrogen (secondary N) is 1. The summed E-state index contributed by atoms with van der Waals surface area (Å²) in [6.07, 6.45) is -4.66. The van der Waals surface area contributed by atoms with E-state index in [9.17, 15) is 27.9 Å². The first kappa shape index (κ1) is 21.2. The van der Waals surface area contributed by atoms with Gasteiger partial charge in [0.15, 0.2) is 17.3 Å². The van der Waals surface area contributed by atoms with Crippen LogP contribution in [0.15, 0.2) is 28.7 Å². The van der Waals surface area contributed by atoms with Gasteiger partial charge in [-0.1, -0.05) is 0 Å². The fourth-order valence-corrected chi connectivity index (χ4v) is 2.97. The van der Waals surface area contributed by atoms with Crippen molar-refractivity contribution in [1.82, 2.24) is 15.3 Å². The van der Waals surface area contributed by atoms with Gasteiger partial charge in [0, 0.05) is 10.9 Å². The number of carboxylic acid groups (broad SMARTS) is 1. The second-order valence-corrected chi connectivity index (χ2v) is 6.37. The molecule has 1 aromatic carbocycles. The summed E-state index contributed by atoms with van der Waals surface area (Å²) in [5, 5.41) is 12.2. The standard InChI is InChI=1S/C18H15BF3N3O5/c1-7(23-17(19)28)14-13(16(26)27)25-15(30-14)9-3-5-10(29-2)12-8(9)4-6-11(24-12)18(20,21)22/h3-7H,19H2,1-2H3,(H,23,28)(H,26,27)/t7-/m0/s1. The number of fused-ring (bicyclic) bond motifs is 1. The molecule has 2 N–H and O–H groups in total.